The largest absolute Gasteiger partial charge is 0.454 e. The van der Waals surface area contributed by atoms with Gasteiger partial charge in [0, 0.05) is 23.4 Å². The van der Waals surface area contributed by atoms with Crippen LogP contribution in [-0.2, 0) is 9.53 Å². The number of amides is 3. The van der Waals surface area contributed by atoms with E-state index in [-0.39, 0.29) is 23.2 Å². The molecule has 0 aliphatic rings. The normalized spacial score (nSPS) is 10.3. The zero-order valence-corrected chi connectivity index (χ0v) is 16.2. The van der Waals surface area contributed by atoms with Crippen LogP contribution in [0.2, 0.25) is 0 Å². The summed E-state index contributed by atoms with van der Waals surface area (Å²) in [5.41, 5.74) is 6.63. The summed E-state index contributed by atoms with van der Waals surface area (Å²) in [6, 6.07) is 11.5. The van der Waals surface area contributed by atoms with E-state index in [0.717, 1.165) is 0 Å². The van der Waals surface area contributed by atoms with E-state index < -0.39 is 18.6 Å². The summed E-state index contributed by atoms with van der Waals surface area (Å²) in [5, 5.41) is 5.13. The number of urea groups is 1. The van der Waals surface area contributed by atoms with Gasteiger partial charge in [-0.2, -0.15) is 0 Å². The summed E-state index contributed by atoms with van der Waals surface area (Å²) >= 11 is 0. The molecule has 2 aromatic carbocycles. The number of ketones is 1. The Bertz CT molecular complexity index is 890. The Morgan fingerprint density at radius 3 is 1.90 bits per heavy atom. The molecule has 0 fully saturated rings. The van der Waals surface area contributed by atoms with E-state index in [0.29, 0.717) is 23.4 Å². The SMILES string of the molecule is CC(C)CC(=O)Nc1ccc(C(=O)COC(=O)c2ccc(NC(N)=O)cc2)cc1. The lowest BCUT2D eigenvalue weighted by Crippen LogP contribution is -2.19. The van der Waals surface area contributed by atoms with E-state index in [4.69, 9.17) is 10.5 Å². The Balaban J connectivity index is 1.87. The number of nitrogens with two attached hydrogens (primary N) is 1. The summed E-state index contributed by atoms with van der Waals surface area (Å²) in [6.07, 6.45) is 0.413. The quantitative estimate of drug-likeness (QED) is 0.465. The highest BCUT2D eigenvalue weighted by Gasteiger charge is 2.13. The fraction of sp³-hybridized carbons (Fsp3) is 0.238. The Kier molecular flexibility index (Phi) is 7.47. The summed E-state index contributed by atoms with van der Waals surface area (Å²) in [5.74, 6) is -0.877. The molecule has 2 rings (SSSR count). The highest BCUT2D eigenvalue weighted by Crippen LogP contribution is 2.13. The molecule has 0 heterocycles. The molecule has 0 unspecified atom stereocenters. The maximum Gasteiger partial charge on any atom is 0.338 e. The van der Waals surface area contributed by atoms with Crippen molar-refractivity contribution in [1.29, 1.82) is 0 Å². The topological polar surface area (TPSA) is 128 Å². The average molecular weight is 397 g/mol. The first-order valence-corrected chi connectivity index (χ1v) is 9.01. The minimum atomic E-state index is -0.712. The lowest BCUT2D eigenvalue weighted by molar-refractivity contribution is -0.116. The second-order valence-electron chi connectivity index (χ2n) is 6.79. The zero-order chi connectivity index (χ0) is 21.4. The number of Topliss-reactive ketones (excluding diaryl/α,β-unsaturated/α-hetero) is 1. The van der Waals surface area contributed by atoms with Crippen molar-refractivity contribution < 1.29 is 23.9 Å². The minimum Gasteiger partial charge on any atom is -0.454 e. The summed E-state index contributed by atoms with van der Waals surface area (Å²) in [6.45, 7) is 3.49. The third kappa shape index (κ3) is 7.10. The van der Waals surface area contributed by atoms with E-state index in [9.17, 15) is 19.2 Å². The van der Waals surface area contributed by atoms with Crippen LogP contribution >= 0.6 is 0 Å². The minimum absolute atomic E-state index is 0.0925. The smallest absolute Gasteiger partial charge is 0.338 e. The molecule has 0 aliphatic heterocycles. The van der Waals surface area contributed by atoms with Crippen LogP contribution in [0.15, 0.2) is 48.5 Å². The molecule has 0 saturated heterocycles. The molecule has 8 heteroatoms. The first kappa shape index (κ1) is 21.6. The number of hydrogen-bond donors (Lipinski definition) is 3. The number of carbonyl (C=O) groups is 4. The van der Waals surface area contributed by atoms with Gasteiger partial charge in [-0.25, -0.2) is 9.59 Å². The first-order valence-electron chi connectivity index (χ1n) is 9.01. The third-order valence-corrected chi connectivity index (χ3v) is 3.81. The summed E-state index contributed by atoms with van der Waals surface area (Å²) < 4.78 is 5.03. The van der Waals surface area contributed by atoms with Gasteiger partial charge in [-0.3, -0.25) is 9.59 Å². The highest BCUT2D eigenvalue weighted by molar-refractivity contribution is 6.00. The van der Waals surface area contributed by atoms with Crippen LogP contribution < -0.4 is 16.4 Å². The van der Waals surface area contributed by atoms with Crippen molar-refractivity contribution in [2.45, 2.75) is 20.3 Å². The number of esters is 1. The number of hydrogen-bond acceptors (Lipinski definition) is 5. The maximum absolute atomic E-state index is 12.2. The molecule has 0 spiro atoms. The predicted molar refractivity (Wildman–Crippen MR) is 109 cm³/mol. The monoisotopic (exact) mass is 397 g/mol. The third-order valence-electron chi connectivity index (χ3n) is 3.81. The lowest BCUT2D eigenvalue weighted by atomic mass is 10.1. The van der Waals surface area contributed by atoms with E-state index in [1.54, 1.807) is 24.3 Å². The second-order valence-corrected chi connectivity index (χ2v) is 6.79. The number of benzene rings is 2. The molecule has 8 nitrogen and oxygen atoms in total. The number of ether oxygens (including phenoxy) is 1. The molecular formula is C21H23N3O5. The van der Waals surface area contributed by atoms with Crippen molar-refractivity contribution in [3.8, 4) is 0 Å². The van der Waals surface area contributed by atoms with Gasteiger partial charge >= 0.3 is 12.0 Å². The van der Waals surface area contributed by atoms with Crippen molar-refractivity contribution in [3.05, 3.63) is 59.7 Å². The van der Waals surface area contributed by atoms with Gasteiger partial charge in [0.15, 0.2) is 12.4 Å². The Morgan fingerprint density at radius 1 is 0.862 bits per heavy atom. The van der Waals surface area contributed by atoms with Crippen molar-refractivity contribution in [1.82, 2.24) is 0 Å². The summed E-state index contributed by atoms with van der Waals surface area (Å²) in [4.78, 5) is 46.8. The molecular weight excluding hydrogens is 374 g/mol. The lowest BCUT2D eigenvalue weighted by Gasteiger charge is -2.08. The van der Waals surface area contributed by atoms with Crippen LogP contribution in [0.1, 0.15) is 41.0 Å². The van der Waals surface area contributed by atoms with Crippen LogP contribution in [0.5, 0.6) is 0 Å². The molecule has 0 bridgehead atoms. The van der Waals surface area contributed by atoms with Crippen molar-refractivity contribution in [3.63, 3.8) is 0 Å². The Morgan fingerprint density at radius 2 is 1.38 bits per heavy atom. The number of rotatable bonds is 8. The van der Waals surface area contributed by atoms with Gasteiger partial charge in [-0.15, -0.1) is 0 Å². The molecule has 0 saturated carbocycles. The molecule has 152 valence electrons. The Hall–Kier alpha value is -3.68. The van der Waals surface area contributed by atoms with E-state index >= 15 is 0 Å². The Labute approximate surface area is 168 Å². The molecule has 29 heavy (non-hydrogen) atoms. The number of anilines is 2. The molecule has 0 radical (unpaired) electrons. The van der Waals surface area contributed by atoms with Gasteiger partial charge in [-0.05, 0) is 54.4 Å². The zero-order valence-electron chi connectivity index (χ0n) is 16.2. The number of carbonyl (C=O) groups excluding carboxylic acids is 4. The molecule has 4 N–H and O–H groups in total. The van der Waals surface area contributed by atoms with Gasteiger partial charge in [0.05, 0.1) is 5.56 Å². The molecule has 0 aromatic heterocycles. The molecule has 0 aliphatic carbocycles. The summed E-state index contributed by atoms with van der Waals surface area (Å²) in [7, 11) is 0. The van der Waals surface area contributed by atoms with Gasteiger partial charge in [0.25, 0.3) is 0 Å². The standard InChI is InChI=1S/C21H23N3O5/c1-13(2)11-19(26)23-16-7-3-14(4-8-16)18(25)12-29-20(27)15-5-9-17(10-6-15)24-21(22)28/h3-10,13H,11-12H2,1-2H3,(H,23,26)(H3,22,24,28). The van der Waals surface area contributed by atoms with Crippen LogP contribution in [0, 0.1) is 5.92 Å². The second kappa shape index (κ2) is 10.0. The van der Waals surface area contributed by atoms with Gasteiger partial charge < -0.3 is 21.1 Å². The fourth-order valence-electron chi connectivity index (χ4n) is 2.45. The van der Waals surface area contributed by atoms with Gasteiger partial charge in [0.1, 0.15) is 0 Å². The number of nitrogens with one attached hydrogen (secondary N) is 2. The van der Waals surface area contributed by atoms with Crippen LogP contribution in [-0.4, -0.2) is 30.3 Å². The number of primary amides is 1. The fourth-order valence-corrected chi connectivity index (χ4v) is 2.45. The van der Waals surface area contributed by atoms with Crippen molar-refractivity contribution in [2.75, 3.05) is 17.2 Å². The maximum atomic E-state index is 12.2. The highest BCUT2D eigenvalue weighted by atomic mass is 16.5. The van der Waals surface area contributed by atoms with E-state index in [1.165, 1.54) is 24.3 Å². The van der Waals surface area contributed by atoms with E-state index in [1.807, 2.05) is 13.8 Å². The van der Waals surface area contributed by atoms with Gasteiger partial charge in [-0.1, -0.05) is 13.8 Å². The molecule has 0 atom stereocenters. The van der Waals surface area contributed by atoms with Crippen molar-refractivity contribution >= 4 is 35.1 Å². The average Bonchev–Trinajstić information content (AvgIpc) is 2.66. The molecule has 2 aromatic rings. The van der Waals surface area contributed by atoms with Gasteiger partial charge in [0.2, 0.25) is 5.91 Å². The van der Waals surface area contributed by atoms with Crippen LogP contribution in [0.3, 0.4) is 0 Å². The van der Waals surface area contributed by atoms with E-state index in [2.05, 4.69) is 10.6 Å². The molecule has 3 amide bonds. The first-order chi connectivity index (χ1) is 13.7. The van der Waals surface area contributed by atoms with Crippen molar-refractivity contribution in [2.24, 2.45) is 11.7 Å². The predicted octanol–water partition coefficient (Wildman–Crippen LogP) is 3.20. The van der Waals surface area contributed by atoms with Crippen LogP contribution in [0.4, 0.5) is 16.2 Å². The van der Waals surface area contributed by atoms with Crippen LogP contribution in [0.25, 0.3) is 0 Å².